The molecule has 6 aliphatic rings. The number of carbonyl (C=O) groups excluding carboxylic acids is 6. The zero-order valence-electron chi connectivity index (χ0n) is 79.8. The van der Waals surface area contributed by atoms with Crippen molar-refractivity contribution < 1.29 is 78.5 Å². The summed E-state index contributed by atoms with van der Waals surface area (Å²) in [5.74, 6) is 0.487. The lowest BCUT2D eigenvalue weighted by Gasteiger charge is -2.40. The average Bonchev–Trinajstić information content (AvgIpc) is 1.60. The molecule has 11 aromatic heterocycles. The topological polar surface area (TPSA) is 380 Å². The SMILES string of the molecule is CCOc1ccc2[nH]c(C(=O)NC3(c4ccccc4)CC3)cc2c1.CCOc1ccc2[nH]c(C(=O)NC3(c4cnn(C)c4)CC3)cc2c1.Cn1cc(C2(CC(=O)c3cc4cc(Br)ccc4[nH]3)CCC2)cn1.Cn1cc(C2(CC(=O)c3cc4cc(OC(F)(F)F)ccc4[nH]3)CCC2)cn1.Cn1cc(C2(NC(=O)c3cc4cc(OC(F)(F)F)ccc4[nH]3)CC2)cn1.O=C(NC1(c2cocn2)CC1)c1cc2cc(Cl)ccc2[nH]1. The molecule has 0 spiro atoms. The Kier molecular flexibility index (Phi) is 26.9. The van der Waals surface area contributed by atoms with Crippen molar-refractivity contribution in [1.82, 2.24) is 95.3 Å². The number of nitrogens with zero attached hydrogens (tertiary/aromatic N) is 9. The molecule has 6 aliphatic carbocycles. The van der Waals surface area contributed by atoms with Crippen molar-refractivity contribution in [1.29, 1.82) is 0 Å². The number of hydrogen-bond donors (Lipinski definition) is 10. The molecule has 38 heteroatoms. The van der Waals surface area contributed by atoms with Crippen LogP contribution in [-0.4, -0.2) is 135 Å². The summed E-state index contributed by atoms with van der Waals surface area (Å²) in [7, 11) is 7.46. The van der Waals surface area contributed by atoms with Crippen molar-refractivity contribution in [2.45, 2.75) is 162 Å². The van der Waals surface area contributed by atoms with Gasteiger partial charge in [-0.15, -0.1) is 26.3 Å². The van der Waals surface area contributed by atoms with Crippen molar-refractivity contribution in [3.63, 3.8) is 0 Å². The number of nitrogens with one attached hydrogen (secondary N) is 10. The van der Waals surface area contributed by atoms with Crippen LogP contribution >= 0.6 is 27.5 Å². The molecule has 145 heavy (non-hydrogen) atoms. The molecule has 30 nitrogen and oxygen atoms in total. The number of H-pyrrole nitrogens is 6. The molecule has 10 N–H and O–H groups in total. The van der Waals surface area contributed by atoms with Crippen LogP contribution in [0.5, 0.6) is 23.0 Å². The Morgan fingerprint density at radius 3 is 1.03 bits per heavy atom. The third-order valence-electron chi connectivity index (χ3n) is 27.6. The fraction of sp³-hybridized carbons (Fsp3) is 0.299. The number of amides is 4. The molecule has 0 aliphatic heterocycles. The number of ketones is 2. The van der Waals surface area contributed by atoms with Crippen LogP contribution in [-0.2, 0) is 61.2 Å². The lowest BCUT2D eigenvalue weighted by Crippen LogP contribution is -2.36. The van der Waals surface area contributed by atoms with Crippen molar-refractivity contribution >= 4 is 128 Å². The van der Waals surface area contributed by atoms with Crippen molar-refractivity contribution in [2.24, 2.45) is 28.2 Å². The molecule has 4 amide bonds. The van der Waals surface area contributed by atoms with Crippen LogP contribution in [0, 0.1) is 0 Å². The molecule has 0 saturated heterocycles. The van der Waals surface area contributed by atoms with E-state index in [4.69, 9.17) is 25.5 Å². The van der Waals surface area contributed by atoms with E-state index in [-0.39, 0.29) is 79.8 Å². The van der Waals surface area contributed by atoms with E-state index >= 15 is 0 Å². The Bertz CT molecular complexity index is 7840. The van der Waals surface area contributed by atoms with Crippen LogP contribution in [0.1, 0.15) is 213 Å². The molecule has 24 rings (SSSR count). The summed E-state index contributed by atoms with van der Waals surface area (Å²) in [6.45, 7) is 5.16. The van der Waals surface area contributed by atoms with Crippen LogP contribution in [0.3, 0.4) is 0 Å². The van der Waals surface area contributed by atoms with Crippen molar-refractivity contribution in [3.05, 3.63) is 315 Å². The van der Waals surface area contributed by atoms with Gasteiger partial charge in [0.25, 0.3) is 23.6 Å². The summed E-state index contributed by atoms with van der Waals surface area (Å²) in [4.78, 5) is 98.8. The second-order valence-corrected chi connectivity index (χ2v) is 39.3. The van der Waals surface area contributed by atoms with Crippen molar-refractivity contribution in [3.8, 4) is 23.0 Å². The van der Waals surface area contributed by atoms with E-state index in [1.807, 2.05) is 174 Å². The molecule has 748 valence electrons. The summed E-state index contributed by atoms with van der Waals surface area (Å²) in [6.07, 6.45) is 22.9. The highest BCUT2D eigenvalue weighted by Gasteiger charge is 2.51. The highest BCUT2D eigenvalue weighted by atomic mass is 79.9. The molecule has 7 aromatic carbocycles. The lowest BCUT2D eigenvalue weighted by atomic mass is 9.62. The van der Waals surface area contributed by atoms with E-state index in [0.717, 1.165) is 165 Å². The third-order valence-corrected chi connectivity index (χ3v) is 28.4. The molecule has 6 saturated carbocycles. The van der Waals surface area contributed by atoms with Crippen LogP contribution in [0.4, 0.5) is 26.3 Å². The maximum Gasteiger partial charge on any atom is 0.573 e. The van der Waals surface area contributed by atoms with E-state index in [1.54, 1.807) is 57.9 Å². The Hall–Kier alpha value is -15.4. The molecule has 11 heterocycles. The average molecular weight is 2060 g/mol. The monoisotopic (exact) mass is 2060 g/mol. The van der Waals surface area contributed by atoms with Gasteiger partial charge in [0.15, 0.2) is 18.0 Å². The number of ether oxygens (including phenoxy) is 4. The van der Waals surface area contributed by atoms with Crippen molar-refractivity contribution in [2.75, 3.05) is 13.2 Å². The Morgan fingerprint density at radius 2 is 0.703 bits per heavy atom. The van der Waals surface area contributed by atoms with Gasteiger partial charge in [-0.3, -0.25) is 47.5 Å². The van der Waals surface area contributed by atoms with Gasteiger partial charge in [-0.1, -0.05) is 70.7 Å². The first-order valence-electron chi connectivity index (χ1n) is 47.6. The van der Waals surface area contributed by atoms with Gasteiger partial charge in [-0.2, -0.15) is 20.4 Å². The number of aromatic amines is 6. The molecular weight excluding hydrogens is 1960 g/mol. The molecule has 0 unspecified atom stereocenters. The number of oxazole rings is 1. The Labute approximate surface area is 838 Å². The fourth-order valence-corrected chi connectivity index (χ4v) is 19.5. The summed E-state index contributed by atoms with van der Waals surface area (Å²) in [6, 6.07) is 51.7. The second kappa shape index (κ2) is 39.7. The molecular formula is C107H103BrClF6N19O11. The molecule has 0 radical (unpaired) electrons. The predicted octanol–water partition coefficient (Wildman–Crippen LogP) is 22.0. The minimum absolute atomic E-state index is 0.0246. The standard InChI is InChI=1S/C20H20N2O2.C19H18F3N3O2.C18H18BrN3O.C18H20N4O2.C17H15F3N4O2.C15H12ClN3O2/c1-2-24-16-8-9-17-14(12-16)13-18(21-17)19(23)22-20(10-11-20)15-6-4-3-5-7-15;1-25-11-13(10-23-25)18(5-2-6-18)9-17(26)16-8-12-7-14(27-19(20,21)22)3-4-15(12)24-16;1-22-11-13(10-20-22)18(5-2-6-18)9-17(23)16-8-12-7-14(19)3-4-15(12)21-16;1-3-24-14-4-5-15-12(8-14)9-16(20-15)17(23)21-18(6-7-18)13-10-19-22(2)11-13;1-24-9-11(8-21-24)16(4-5-16)23-15(25)14-7-10-6-12(26-17(18,19)20)2-3-13(10)22-14;16-10-1-2-11-9(5-10)6-12(18-11)14(20)19-15(3-4-15)13-7-21-8-17-13/h3-9,12-13,21H,2,10-11H2,1H3,(H,22,23);3-4,7-8,10-11,24H,2,5-6,9H2,1H3;3-4,7-8,10-11,21H,2,5-6,9H2,1H3;4-5,8-11,20H,3,6-7H2,1-2H3,(H,21,23);2-3,6-9,22H,4-5H2,1H3,(H,23,25);1-2,5-8,18H,3-4H2,(H,19,20). The Morgan fingerprint density at radius 1 is 0.386 bits per heavy atom. The first kappa shape index (κ1) is 98.4. The van der Waals surface area contributed by atoms with E-state index < -0.39 is 18.3 Å². The number of carbonyl (C=O) groups is 6. The quantitative estimate of drug-likeness (QED) is 0.0178. The van der Waals surface area contributed by atoms with Gasteiger partial charge >= 0.3 is 12.7 Å². The largest absolute Gasteiger partial charge is 0.573 e. The van der Waals surface area contributed by atoms with Gasteiger partial charge in [-0.05, 0) is 253 Å². The number of fused-ring (bicyclic) bond motifs is 6. The maximum absolute atomic E-state index is 12.8. The zero-order chi connectivity index (χ0) is 102. The smallest absolute Gasteiger partial charge is 0.494 e. The number of hydrogen-bond acceptors (Lipinski definition) is 16. The summed E-state index contributed by atoms with van der Waals surface area (Å²) in [5.41, 5.74) is 12.6. The first-order valence-corrected chi connectivity index (χ1v) is 48.8. The van der Waals surface area contributed by atoms with Gasteiger partial charge in [0, 0.05) is 163 Å². The van der Waals surface area contributed by atoms with E-state index in [0.29, 0.717) is 81.4 Å². The normalized spacial score (nSPS) is 15.9. The third kappa shape index (κ3) is 22.4. The van der Waals surface area contributed by atoms with E-state index in [9.17, 15) is 55.1 Å². The number of rotatable bonds is 26. The molecule has 18 aromatic rings. The van der Waals surface area contributed by atoms with Gasteiger partial charge < -0.3 is 74.5 Å². The molecule has 6 fully saturated rings. The number of alkyl halides is 6. The fourth-order valence-electron chi connectivity index (χ4n) is 19.0. The number of halogens is 8. The van der Waals surface area contributed by atoms with Gasteiger partial charge in [0.05, 0.1) is 71.5 Å². The van der Waals surface area contributed by atoms with E-state index in [2.05, 4.69) is 120 Å². The van der Waals surface area contributed by atoms with E-state index in [1.165, 1.54) is 66.4 Å². The molecule has 0 atom stereocenters. The second-order valence-electron chi connectivity index (χ2n) is 38.0. The minimum Gasteiger partial charge on any atom is -0.494 e. The van der Waals surface area contributed by atoms with Crippen LogP contribution in [0.2, 0.25) is 5.02 Å². The van der Waals surface area contributed by atoms with Crippen LogP contribution < -0.4 is 40.2 Å². The highest BCUT2D eigenvalue weighted by Crippen LogP contribution is 2.52. The predicted molar refractivity (Wildman–Crippen MR) is 536 cm³/mol. The summed E-state index contributed by atoms with van der Waals surface area (Å²) >= 11 is 9.43. The summed E-state index contributed by atoms with van der Waals surface area (Å²) < 4.78 is 106. The number of benzene rings is 7. The van der Waals surface area contributed by atoms with Crippen LogP contribution in [0.25, 0.3) is 65.4 Å². The van der Waals surface area contributed by atoms with Crippen LogP contribution in [0.15, 0.2) is 247 Å². The minimum atomic E-state index is -4.76. The Balaban J connectivity index is 0.000000110. The number of aryl methyl sites for hydroxylation is 4. The van der Waals surface area contributed by atoms with Gasteiger partial charge in [0.2, 0.25) is 0 Å². The van der Waals surface area contributed by atoms with Gasteiger partial charge in [0.1, 0.15) is 57.7 Å². The first-order chi connectivity index (χ1) is 69.5. The zero-order valence-corrected chi connectivity index (χ0v) is 82.1. The molecule has 0 bridgehead atoms. The summed E-state index contributed by atoms with van der Waals surface area (Å²) in [5, 5.41) is 34.8. The number of aromatic nitrogens is 15. The lowest BCUT2D eigenvalue weighted by molar-refractivity contribution is -0.275. The van der Waals surface area contributed by atoms with Gasteiger partial charge in [-0.25, -0.2) is 4.98 Å². The highest BCUT2D eigenvalue weighted by molar-refractivity contribution is 9.10. The number of Topliss-reactive ketones (excluding diaryl/α,β-unsaturated/α-hetero) is 2. The maximum atomic E-state index is 12.8.